The standard InChI is InChI=1S/C27H31N3O4/c1-19(29-26(32)34-27(2,3)4)15-20-16-22-11-13-30(24(22)23(17-20)18-28)12-8-14-33-25(31)21-9-6-5-7-10-21/h5-7,9-11,13,16-17,19H,8,12,14-15H2,1-4H3,(H,29,32)/t19-/m1/s1. The molecule has 0 aliphatic heterocycles. The van der Waals surface area contributed by atoms with Gasteiger partial charge in [0.25, 0.3) is 0 Å². The zero-order valence-corrected chi connectivity index (χ0v) is 20.1. The topological polar surface area (TPSA) is 93.4 Å². The SMILES string of the molecule is C[C@H](Cc1cc(C#N)c2c(ccn2CCCOC(=O)c2ccccc2)c1)NC(=O)OC(C)(C)C. The first-order chi connectivity index (χ1) is 16.2. The number of carbonyl (C=O) groups excluding carboxylic acids is 2. The number of ether oxygens (including phenoxy) is 2. The highest BCUT2D eigenvalue weighted by atomic mass is 16.6. The molecule has 0 aliphatic carbocycles. The van der Waals surface area contributed by atoms with Crippen molar-refractivity contribution in [2.45, 2.75) is 58.7 Å². The molecule has 2 aromatic carbocycles. The molecule has 0 spiro atoms. The molecular weight excluding hydrogens is 430 g/mol. The van der Waals surface area contributed by atoms with E-state index in [2.05, 4.69) is 11.4 Å². The van der Waals surface area contributed by atoms with Crippen LogP contribution in [0.2, 0.25) is 0 Å². The van der Waals surface area contributed by atoms with E-state index >= 15 is 0 Å². The summed E-state index contributed by atoms with van der Waals surface area (Å²) < 4.78 is 12.7. The Morgan fingerprint density at radius 3 is 2.56 bits per heavy atom. The van der Waals surface area contributed by atoms with Crippen molar-refractivity contribution in [2.75, 3.05) is 6.61 Å². The third kappa shape index (κ3) is 6.85. The van der Waals surface area contributed by atoms with Crippen LogP contribution < -0.4 is 5.32 Å². The molecule has 0 saturated carbocycles. The molecule has 3 rings (SSSR count). The molecule has 1 N–H and O–H groups in total. The minimum atomic E-state index is -0.556. The number of hydrogen-bond donors (Lipinski definition) is 1. The number of nitrogens with one attached hydrogen (secondary N) is 1. The summed E-state index contributed by atoms with van der Waals surface area (Å²) in [5.41, 5.74) is 2.36. The Morgan fingerprint density at radius 1 is 1.15 bits per heavy atom. The predicted octanol–water partition coefficient (Wildman–Crippen LogP) is 5.22. The number of fused-ring (bicyclic) bond motifs is 1. The Labute approximate surface area is 200 Å². The van der Waals surface area contributed by atoms with E-state index in [9.17, 15) is 14.9 Å². The van der Waals surface area contributed by atoms with E-state index in [4.69, 9.17) is 9.47 Å². The molecule has 1 atom stereocenters. The number of aromatic nitrogens is 1. The van der Waals surface area contributed by atoms with E-state index < -0.39 is 11.7 Å². The van der Waals surface area contributed by atoms with Gasteiger partial charge >= 0.3 is 12.1 Å². The van der Waals surface area contributed by atoms with Crippen LogP contribution in [0.4, 0.5) is 4.79 Å². The lowest BCUT2D eigenvalue weighted by atomic mass is 10.0. The summed E-state index contributed by atoms with van der Waals surface area (Å²) in [6.45, 7) is 8.28. The molecule has 7 heteroatoms. The summed E-state index contributed by atoms with van der Waals surface area (Å²) in [6, 6.07) is 16.9. The summed E-state index contributed by atoms with van der Waals surface area (Å²) in [4.78, 5) is 24.1. The number of alkyl carbamates (subject to hydrolysis) is 1. The van der Waals surface area contributed by atoms with Crippen LogP contribution in [0.15, 0.2) is 54.7 Å². The van der Waals surface area contributed by atoms with Crippen molar-refractivity contribution in [1.82, 2.24) is 9.88 Å². The maximum atomic E-state index is 12.1. The van der Waals surface area contributed by atoms with Gasteiger partial charge in [-0.2, -0.15) is 5.26 Å². The molecule has 3 aromatic rings. The van der Waals surface area contributed by atoms with Gasteiger partial charge in [0.15, 0.2) is 0 Å². The van der Waals surface area contributed by atoms with Crippen LogP contribution >= 0.6 is 0 Å². The zero-order chi connectivity index (χ0) is 24.7. The first kappa shape index (κ1) is 24.8. The van der Waals surface area contributed by atoms with Crippen LogP contribution in [-0.4, -0.2) is 34.9 Å². The minimum absolute atomic E-state index is 0.153. The van der Waals surface area contributed by atoms with E-state index in [-0.39, 0.29) is 12.0 Å². The van der Waals surface area contributed by atoms with Crippen LogP contribution in [0.1, 0.15) is 55.6 Å². The maximum absolute atomic E-state index is 12.1. The van der Waals surface area contributed by atoms with Crippen LogP contribution in [0.5, 0.6) is 0 Å². The maximum Gasteiger partial charge on any atom is 0.407 e. The van der Waals surface area contributed by atoms with Crippen molar-refractivity contribution in [1.29, 1.82) is 5.26 Å². The van der Waals surface area contributed by atoms with Crippen molar-refractivity contribution in [3.05, 3.63) is 71.4 Å². The Morgan fingerprint density at radius 2 is 1.88 bits per heavy atom. The first-order valence-electron chi connectivity index (χ1n) is 11.4. The Hall–Kier alpha value is -3.79. The van der Waals surface area contributed by atoms with Gasteiger partial charge in [0.1, 0.15) is 11.7 Å². The highest BCUT2D eigenvalue weighted by Gasteiger charge is 2.18. The largest absolute Gasteiger partial charge is 0.462 e. The minimum Gasteiger partial charge on any atom is -0.462 e. The Balaban J connectivity index is 1.61. The first-order valence-corrected chi connectivity index (χ1v) is 11.4. The molecule has 1 aromatic heterocycles. The summed E-state index contributed by atoms with van der Waals surface area (Å²) in [5, 5.41) is 13.6. The van der Waals surface area contributed by atoms with Gasteiger partial charge in [0, 0.05) is 24.2 Å². The number of rotatable bonds is 8. The average Bonchev–Trinajstić information content (AvgIpc) is 3.18. The van der Waals surface area contributed by atoms with E-state index in [1.165, 1.54) is 0 Å². The molecule has 0 saturated heterocycles. The van der Waals surface area contributed by atoms with Gasteiger partial charge in [0.05, 0.1) is 23.3 Å². The van der Waals surface area contributed by atoms with Crippen LogP contribution in [0, 0.1) is 11.3 Å². The molecule has 0 bridgehead atoms. The molecule has 34 heavy (non-hydrogen) atoms. The number of hydrogen-bond acceptors (Lipinski definition) is 5. The number of amides is 1. The predicted molar refractivity (Wildman–Crippen MR) is 131 cm³/mol. The molecule has 0 radical (unpaired) electrons. The lowest BCUT2D eigenvalue weighted by molar-refractivity contribution is 0.0490. The second-order valence-corrected chi connectivity index (χ2v) is 9.31. The van der Waals surface area contributed by atoms with Gasteiger partial charge in [-0.3, -0.25) is 0 Å². The molecule has 0 unspecified atom stereocenters. The number of benzene rings is 2. The lowest BCUT2D eigenvalue weighted by Gasteiger charge is -2.22. The van der Waals surface area contributed by atoms with Crippen LogP contribution in [0.3, 0.4) is 0 Å². The summed E-state index contributed by atoms with van der Waals surface area (Å²) in [6.07, 6.45) is 2.69. The average molecular weight is 462 g/mol. The van der Waals surface area contributed by atoms with Crippen molar-refractivity contribution in [2.24, 2.45) is 0 Å². The molecule has 1 amide bonds. The highest BCUT2D eigenvalue weighted by molar-refractivity contribution is 5.89. The van der Waals surface area contributed by atoms with Crippen molar-refractivity contribution >= 4 is 23.0 Å². The Bertz CT molecular complexity index is 1190. The van der Waals surface area contributed by atoms with Crippen LogP contribution in [-0.2, 0) is 22.4 Å². The summed E-state index contributed by atoms with van der Waals surface area (Å²) in [7, 11) is 0. The van der Waals surface area contributed by atoms with Gasteiger partial charge in [-0.1, -0.05) is 18.2 Å². The van der Waals surface area contributed by atoms with E-state index in [1.54, 1.807) is 24.3 Å². The second-order valence-electron chi connectivity index (χ2n) is 9.31. The fraction of sp³-hybridized carbons (Fsp3) is 0.370. The zero-order valence-electron chi connectivity index (χ0n) is 20.1. The lowest BCUT2D eigenvalue weighted by Crippen LogP contribution is -2.38. The van der Waals surface area contributed by atoms with Crippen molar-refractivity contribution < 1.29 is 19.1 Å². The summed E-state index contributed by atoms with van der Waals surface area (Å²) >= 11 is 0. The number of nitriles is 1. The van der Waals surface area contributed by atoms with Gasteiger partial charge in [-0.15, -0.1) is 0 Å². The fourth-order valence-electron chi connectivity index (χ4n) is 3.77. The smallest absolute Gasteiger partial charge is 0.407 e. The van der Waals surface area contributed by atoms with E-state index in [0.29, 0.717) is 37.1 Å². The number of nitrogens with zero attached hydrogens (tertiary/aromatic N) is 2. The summed E-state index contributed by atoms with van der Waals surface area (Å²) in [5.74, 6) is -0.338. The van der Waals surface area contributed by atoms with Gasteiger partial charge in [-0.05, 0) is 76.4 Å². The normalized spacial score (nSPS) is 12.1. The Kier molecular flexibility index (Phi) is 7.95. The van der Waals surface area contributed by atoms with Gasteiger partial charge in [-0.25, -0.2) is 9.59 Å². The second kappa shape index (κ2) is 10.9. The van der Waals surface area contributed by atoms with Crippen molar-refractivity contribution in [3.63, 3.8) is 0 Å². The van der Waals surface area contributed by atoms with E-state index in [1.807, 2.05) is 62.7 Å². The molecule has 1 heterocycles. The van der Waals surface area contributed by atoms with Gasteiger partial charge < -0.3 is 19.4 Å². The molecule has 178 valence electrons. The number of carbonyl (C=O) groups is 2. The molecule has 7 nitrogen and oxygen atoms in total. The fourth-order valence-corrected chi connectivity index (χ4v) is 3.77. The third-order valence-electron chi connectivity index (χ3n) is 5.13. The molecule has 0 fully saturated rings. The number of esters is 1. The quantitative estimate of drug-likeness (QED) is 0.367. The highest BCUT2D eigenvalue weighted by Crippen LogP contribution is 2.24. The molecular formula is C27H31N3O4. The van der Waals surface area contributed by atoms with E-state index in [0.717, 1.165) is 16.5 Å². The van der Waals surface area contributed by atoms with Gasteiger partial charge in [0.2, 0.25) is 0 Å². The third-order valence-corrected chi connectivity index (χ3v) is 5.13. The number of aryl methyl sites for hydroxylation is 1. The van der Waals surface area contributed by atoms with Crippen molar-refractivity contribution in [3.8, 4) is 6.07 Å². The van der Waals surface area contributed by atoms with Crippen LogP contribution in [0.25, 0.3) is 10.9 Å². The molecule has 0 aliphatic rings. The monoisotopic (exact) mass is 461 g/mol.